The van der Waals surface area contributed by atoms with E-state index in [0.29, 0.717) is 11.3 Å². The van der Waals surface area contributed by atoms with Gasteiger partial charge in [-0.2, -0.15) is 0 Å². The highest BCUT2D eigenvalue weighted by molar-refractivity contribution is 7.17. The van der Waals surface area contributed by atoms with Gasteiger partial charge in [-0.05, 0) is 48.9 Å². The summed E-state index contributed by atoms with van der Waals surface area (Å²) in [6.07, 6.45) is 2.32. The van der Waals surface area contributed by atoms with E-state index in [-0.39, 0.29) is 18.2 Å². The number of benzene rings is 2. The number of nitrogens with one attached hydrogen (secondary N) is 1. The number of likely N-dealkylation sites (tertiary alicyclic amines) is 1. The van der Waals surface area contributed by atoms with E-state index in [2.05, 4.69) is 5.32 Å². The Hall–Kier alpha value is -3.29. The maximum atomic E-state index is 13.1. The Morgan fingerprint density at radius 1 is 1.00 bits per heavy atom. The number of thiophene rings is 1. The molecule has 4 aromatic rings. The van der Waals surface area contributed by atoms with Crippen molar-refractivity contribution in [3.8, 4) is 21.1 Å². The third-order valence-corrected chi connectivity index (χ3v) is 8.01. The zero-order valence-corrected chi connectivity index (χ0v) is 20.5. The Morgan fingerprint density at radius 2 is 1.79 bits per heavy atom. The van der Waals surface area contributed by atoms with E-state index in [1.807, 2.05) is 77.9 Å². The SMILES string of the molecule is Cc1c(NC(=O)Cc2sc(-c3ccccc3)nc2-c2cccs2)cccc1C(=O)N1CCCC1. The first kappa shape index (κ1) is 22.5. The van der Waals surface area contributed by atoms with Gasteiger partial charge in [0.2, 0.25) is 5.91 Å². The first-order valence-corrected chi connectivity index (χ1v) is 13.1. The molecule has 0 saturated carbocycles. The van der Waals surface area contributed by atoms with Crippen LogP contribution in [0.1, 0.15) is 33.6 Å². The van der Waals surface area contributed by atoms with Gasteiger partial charge < -0.3 is 10.2 Å². The molecule has 1 fully saturated rings. The largest absolute Gasteiger partial charge is 0.339 e. The predicted octanol–water partition coefficient (Wildman–Crippen LogP) is 6.26. The molecule has 34 heavy (non-hydrogen) atoms. The van der Waals surface area contributed by atoms with Crippen LogP contribution in [0.15, 0.2) is 66.0 Å². The van der Waals surface area contributed by atoms with E-state index in [0.717, 1.165) is 57.5 Å². The Labute approximate surface area is 207 Å². The number of nitrogens with zero attached hydrogens (tertiary/aromatic N) is 2. The molecule has 2 amide bonds. The topological polar surface area (TPSA) is 62.3 Å². The van der Waals surface area contributed by atoms with Crippen LogP contribution in [-0.2, 0) is 11.2 Å². The van der Waals surface area contributed by atoms with E-state index in [1.165, 1.54) is 0 Å². The van der Waals surface area contributed by atoms with Gasteiger partial charge in [0.05, 0.1) is 17.0 Å². The van der Waals surface area contributed by atoms with Gasteiger partial charge in [-0.1, -0.05) is 42.5 Å². The highest BCUT2D eigenvalue weighted by Crippen LogP contribution is 2.36. The minimum absolute atomic E-state index is 0.0426. The molecule has 0 bridgehead atoms. The van der Waals surface area contributed by atoms with Crippen LogP contribution in [0.25, 0.3) is 21.1 Å². The van der Waals surface area contributed by atoms with E-state index < -0.39 is 0 Å². The molecule has 1 N–H and O–H groups in total. The van der Waals surface area contributed by atoms with Crippen LogP contribution in [0.4, 0.5) is 5.69 Å². The lowest BCUT2D eigenvalue weighted by molar-refractivity contribution is -0.115. The Bertz CT molecular complexity index is 1310. The van der Waals surface area contributed by atoms with Crippen LogP contribution in [0.3, 0.4) is 0 Å². The zero-order chi connectivity index (χ0) is 23.5. The molecule has 7 heteroatoms. The molecule has 5 nitrogen and oxygen atoms in total. The van der Waals surface area contributed by atoms with Gasteiger partial charge in [-0.3, -0.25) is 9.59 Å². The van der Waals surface area contributed by atoms with Crippen LogP contribution in [0.2, 0.25) is 0 Å². The molecule has 172 valence electrons. The van der Waals surface area contributed by atoms with Crippen molar-refractivity contribution in [3.63, 3.8) is 0 Å². The summed E-state index contributed by atoms with van der Waals surface area (Å²) in [7, 11) is 0. The lowest BCUT2D eigenvalue weighted by atomic mass is 10.1. The molecule has 5 rings (SSSR count). The molecule has 1 saturated heterocycles. The van der Waals surface area contributed by atoms with Crippen molar-refractivity contribution in [2.45, 2.75) is 26.2 Å². The molecule has 0 aliphatic carbocycles. The fourth-order valence-electron chi connectivity index (χ4n) is 4.22. The number of thiazole rings is 1. The Morgan fingerprint density at radius 3 is 2.53 bits per heavy atom. The van der Waals surface area contributed by atoms with Gasteiger partial charge in [0.15, 0.2) is 0 Å². The number of hydrogen-bond acceptors (Lipinski definition) is 5. The number of carbonyl (C=O) groups excluding carboxylic acids is 2. The summed E-state index contributed by atoms with van der Waals surface area (Å²) in [4.78, 5) is 34.8. The molecule has 0 radical (unpaired) electrons. The lowest BCUT2D eigenvalue weighted by Crippen LogP contribution is -2.28. The van der Waals surface area contributed by atoms with Crippen molar-refractivity contribution in [2.24, 2.45) is 0 Å². The van der Waals surface area contributed by atoms with E-state index in [4.69, 9.17) is 4.98 Å². The van der Waals surface area contributed by atoms with Crippen LogP contribution < -0.4 is 5.32 Å². The first-order chi connectivity index (χ1) is 16.6. The third kappa shape index (κ3) is 4.67. The monoisotopic (exact) mass is 487 g/mol. The van der Waals surface area contributed by atoms with Crippen LogP contribution in [0, 0.1) is 6.92 Å². The van der Waals surface area contributed by atoms with Crippen LogP contribution in [0.5, 0.6) is 0 Å². The van der Waals surface area contributed by atoms with Crippen molar-refractivity contribution in [1.29, 1.82) is 0 Å². The molecule has 2 aromatic carbocycles. The minimum Gasteiger partial charge on any atom is -0.339 e. The van der Waals surface area contributed by atoms with Crippen molar-refractivity contribution in [2.75, 3.05) is 18.4 Å². The molecular formula is C27H25N3O2S2. The summed E-state index contributed by atoms with van der Waals surface area (Å²) in [5, 5.41) is 5.96. The first-order valence-electron chi connectivity index (χ1n) is 11.4. The maximum absolute atomic E-state index is 13.1. The smallest absolute Gasteiger partial charge is 0.254 e. The number of rotatable bonds is 6. The molecule has 2 aromatic heterocycles. The predicted molar refractivity (Wildman–Crippen MR) is 140 cm³/mol. The molecule has 1 aliphatic heterocycles. The highest BCUT2D eigenvalue weighted by atomic mass is 32.1. The van der Waals surface area contributed by atoms with Gasteiger partial charge in [-0.15, -0.1) is 22.7 Å². The summed E-state index contributed by atoms with van der Waals surface area (Å²) < 4.78 is 0. The zero-order valence-electron chi connectivity index (χ0n) is 18.9. The Balaban J connectivity index is 1.38. The van der Waals surface area contributed by atoms with Crippen molar-refractivity contribution in [1.82, 2.24) is 9.88 Å². The quantitative estimate of drug-likeness (QED) is 0.349. The van der Waals surface area contributed by atoms with Gasteiger partial charge >= 0.3 is 0 Å². The lowest BCUT2D eigenvalue weighted by Gasteiger charge is -2.18. The number of hydrogen-bond donors (Lipinski definition) is 1. The maximum Gasteiger partial charge on any atom is 0.254 e. The number of amides is 2. The second-order valence-electron chi connectivity index (χ2n) is 8.34. The van der Waals surface area contributed by atoms with Crippen LogP contribution in [-0.4, -0.2) is 34.8 Å². The summed E-state index contributed by atoms with van der Waals surface area (Å²) in [6.45, 7) is 3.50. The highest BCUT2D eigenvalue weighted by Gasteiger charge is 2.23. The summed E-state index contributed by atoms with van der Waals surface area (Å²) >= 11 is 3.17. The molecule has 1 aliphatic rings. The van der Waals surface area contributed by atoms with Gasteiger partial charge in [0.1, 0.15) is 5.01 Å². The fraction of sp³-hybridized carbons (Fsp3) is 0.222. The Kier molecular flexibility index (Phi) is 6.56. The summed E-state index contributed by atoms with van der Waals surface area (Å²) in [5.41, 5.74) is 4.05. The van der Waals surface area contributed by atoms with E-state index in [9.17, 15) is 9.59 Å². The van der Waals surface area contributed by atoms with Crippen molar-refractivity contribution in [3.05, 3.63) is 82.0 Å². The molecule has 0 spiro atoms. The summed E-state index contributed by atoms with van der Waals surface area (Å²) in [6, 6.07) is 19.6. The molecular weight excluding hydrogens is 462 g/mol. The second-order valence-corrected chi connectivity index (χ2v) is 10.4. The molecule has 0 unspecified atom stereocenters. The number of aromatic nitrogens is 1. The standard InChI is InChI=1S/C27H25N3O2S2/c1-18-20(27(32)30-14-5-6-15-30)11-7-12-21(18)28-24(31)17-23-25(22-13-8-16-33-22)29-26(34-23)19-9-3-2-4-10-19/h2-4,7-13,16H,5-6,14-15,17H2,1H3,(H,28,31). The van der Waals surface area contributed by atoms with Crippen LogP contribution >= 0.6 is 22.7 Å². The summed E-state index contributed by atoms with van der Waals surface area (Å²) in [5.74, 6) is -0.0732. The van der Waals surface area contributed by atoms with Gasteiger partial charge in [0.25, 0.3) is 5.91 Å². The van der Waals surface area contributed by atoms with Crippen molar-refractivity contribution >= 4 is 40.2 Å². The van der Waals surface area contributed by atoms with Gasteiger partial charge in [0, 0.05) is 34.8 Å². The van der Waals surface area contributed by atoms with Gasteiger partial charge in [-0.25, -0.2) is 4.98 Å². The third-order valence-electron chi connectivity index (χ3n) is 6.03. The normalized spacial score (nSPS) is 13.3. The molecule has 3 heterocycles. The van der Waals surface area contributed by atoms with E-state index >= 15 is 0 Å². The minimum atomic E-state index is -0.116. The fourth-order valence-corrected chi connectivity index (χ4v) is 6.10. The van der Waals surface area contributed by atoms with Crippen molar-refractivity contribution < 1.29 is 9.59 Å². The average Bonchev–Trinajstić information content (AvgIpc) is 3.62. The number of carbonyl (C=O) groups is 2. The average molecular weight is 488 g/mol. The second kappa shape index (κ2) is 9.91. The van der Waals surface area contributed by atoms with E-state index in [1.54, 1.807) is 22.7 Å². The number of anilines is 1. The molecule has 0 atom stereocenters.